The molecule has 1 aliphatic heterocycles. The Morgan fingerprint density at radius 3 is 2.30 bits per heavy atom. The first kappa shape index (κ1) is 27.8. The van der Waals surface area contributed by atoms with Crippen LogP contribution in [0.4, 0.5) is 11.4 Å². The minimum atomic E-state index is 0.0229. The lowest BCUT2D eigenvalue weighted by Crippen LogP contribution is -2.25. The first-order valence-corrected chi connectivity index (χ1v) is 15.3. The summed E-state index contributed by atoms with van der Waals surface area (Å²) in [6.45, 7) is 11.9. The second-order valence-electron chi connectivity index (χ2n) is 12.9. The monoisotopic (exact) mass is 578 g/mol. The number of pyridine rings is 1. The first-order chi connectivity index (χ1) is 21.3. The number of hydrogen-bond acceptors (Lipinski definition) is 4. The van der Waals surface area contributed by atoms with Crippen molar-refractivity contribution in [3.8, 4) is 17.3 Å². The minimum absolute atomic E-state index is 0.0229. The molecule has 2 aromatic heterocycles. The van der Waals surface area contributed by atoms with E-state index in [1.165, 1.54) is 27.6 Å². The first-order valence-electron chi connectivity index (χ1n) is 15.3. The van der Waals surface area contributed by atoms with E-state index in [2.05, 4.69) is 158 Å². The fourth-order valence-electron chi connectivity index (χ4n) is 6.11. The molecular weight excluding hydrogens is 540 g/mol. The second kappa shape index (κ2) is 10.9. The molecule has 7 rings (SSSR count). The molecule has 0 unspecified atom stereocenters. The van der Waals surface area contributed by atoms with Crippen molar-refractivity contribution in [3.63, 3.8) is 0 Å². The Morgan fingerprint density at radius 1 is 0.705 bits per heavy atom. The van der Waals surface area contributed by atoms with Gasteiger partial charge in [0.1, 0.15) is 17.3 Å². The van der Waals surface area contributed by atoms with Crippen molar-refractivity contribution < 1.29 is 4.74 Å². The molecule has 3 heterocycles. The molecule has 0 bridgehead atoms. The molecule has 0 saturated heterocycles. The number of aromatic nitrogens is 2. The Kier molecular flexibility index (Phi) is 6.89. The number of nitrogens with zero attached hydrogens (tertiary/aromatic N) is 4. The third-order valence-electron chi connectivity index (χ3n) is 8.47. The number of hydrogen-bond donors (Lipinski definition) is 0. The van der Waals surface area contributed by atoms with Crippen molar-refractivity contribution in [1.29, 1.82) is 0 Å². The van der Waals surface area contributed by atoms with Gasteiger partial charge in [0.2, 0.25) is 0 Å². The Bertz CT molecular complexity index is 2010. The van der Waals surface area contributed by atoms with Gasteiger partial charge >= 0.3 is 0 Å². The van der Waals surface area contributed by atoms with E-state index in [0.717, 1.165) is 40.7 Å². The summed E-state index contributed by atoms with van der Waals surface area (Å²) in [5, 5.41) is 2.37. The molecule has 0 aliphatic carbocycles. The Labute approximate surface area is 259 Å². The Hall–Kier alpha value is -5.03. The maximum atomic E-state index is 6.52. The van der Waals surface area contributed by atoms with Gasteiger partial charge in [-0.15, -0.1) is 0 Å². The van der Waals surface area contributed by atoms with Gasteiger partial charge in [0, 0.05) is 52.9 Å². The summed E-state index contributed by atoms with van der Waals surface area (Å²) in [5.74, 6) is 2.95. The average molecular weight is 579 g/mol. The number of rotatable bonds is 6. The molecule has 0 fully saturated rings. The largest absolute Gasteiger partial charge is 0.457 e. The molecule has 6 aromatic rings. The number of fused-ring (bicyclic) bond motifs is 3. The van der Waals surface area contributed by atoms with Crippen LogP contribution >= 0.6 is 0 Å². The highest BCUT2D eigenvalue weighted by Crippen LogP contribution is 2.37. The normalized spacial score (nSPS) is 13.5. The molecule has 0 spiro atoms. The Morgan fingerprint density at radius 2 is 1.45 bits per heavy atom. The van der Waals surface area contributed by atoms with Gasteiger partial charge in [0.05, 0.1) is 17.7 Å². The highest BCUT2D eigenvalue weighted by molar-refractivity contribution is 6.09. The zero-order valence-electron chi connectivity index (χ0n) is 26.0. The van der Waals surface area contributed by atoms with E-state index in [0.29, 0.717) is 5.92 Å². The molecule has 44 heavy (non-hydrogen) atoms. The lowest BCUT2D eigenvalue weighted by molar-refractivity contribution is 0.483. The minimum Gasteiger partial charge on any atom is -0.457 e. The Balaban J connectivity index is 1.20. The summed E-state index contributed by atoms with van der Waals surface area (Å²) in [4.78, 5) is 9.37. The zero-order chi connectivity index (χ0) is 30.4. The summed E-state index contributed by atoms with van der Waals surface area (Å²) in [6, 6.07) is 36.2. The van der Waals surface area contributed by atoms with Crippen molar-refractivity contribution >= 4 is 33.2 Å². The lowest BCUT2D eigenvalue weighted by atomic mass is 9.88. The van der Waals surface area contributed by atoms with E-state index >= 15 is 0 Å². The van der Waals surface area contributed by atoms with E-state index in [-0.39, 0.29) is 5.41 Å². The SMILES string of the molecule is CC(C)c1ccccc1N1C=CN(c2cccc(Oc3ccc4c5ccccc5n(-c5cc(C(C)(C)C)ccn5)c4c3)c2)C1. The highest BCUT2D eigenvalue weighted by Gasteiger charge is 2.20. The molecule has 4 aromatic carbocycles. The molecule has 0 atom stereocenters. The van der Waals surface area contributed by atoms with Gasteiger partial charge in [0.25, 0.3) is 0 Å². The van der Waals surface area contributed by atoms with Crippen molar-refractivity contribution in [2.75, 3.05) is 16.5 Å². The lowest BCUT2D eigenvalue weighted by Gasteiger charge is -2.25. The third-order valence-corrected chi connectivity index (χ3v) is 8.47. The van der Waals surface area contributed by atoms with Gasteiger partial charge in [-0.05, 0) is 71.0 Å². The van der Waals surface area contributed by atoms with Crippen LogP contribution in [0.2, 0.25) is 0 Å². The fraction of sp³-hybridized carbons (Fsp3) is 0.205. The van der Waals surface area contributed by atoms with Crippen molar-refractivity contribution in [3.05, 3.63) is 133 Å². The van der Waals surface area contributed by atoms with Crippen LogP contribution in [-0.4, -0.2) is 16.2 Å². The molecule has 0 amide bonds. The van der Waals surface area contributed by atoms with Gasteiger partial charge in [-0.3, -0.25) is 4.57 Å². The van der Waals surface area contributed by atoms with Crippen LogP contribution in [-0.2, 0) is 5.41 Å². The van der Waals surface area contributed by atoms with Crippen LogP contribution in [0.3, 0.4) is 0 Å². The third kappa shape index (κ3) is 5.09. The predicted molar refractivity (Wildman–Crippen MR) is 183 cm³/mol. The smallest absolute Gasteiger partial charge is 0.137 e. The number of para-hydroxylation sites is 2. The fourth-order valence-corrected chi connectivity index (χ4v) is 6.11. The highest BCUT2D eigenvalue weighted by atomic mass is 16.5. The van der Waals surface area contributed by atoms with Crippen LogP contribution in [0.15, 0.2) is 122 Å². The summed E-state index contributed by atoms with van der Waals surface area (Å²) >= 11 is 0. The molecule has 5 nitrogen and oxygen atoms in total. The van der Waals surface area contributed by atoms with Crippen LogP contribution in [0.25, 0.3) is 27.6 Å². The number of benzene rings is 4. The van der Waals surface area contributed by atoms with E-state index in [1.54, 1.807) is 0 Å². The quantitative estimate of drug-likeness (QED) is 0.197. The van der Waals surface area contributed by atoms with E-state index in [1.807, 2.05) is 12.3 Å². The van der Waals surface area contributed by atoms with Crippen LogP contribution in [0.1, 0.15) is 51.7 Å². The maximum Gasteiger partial charge on any atom is 0.137 e. The average Bonchev–Trinajstić information content (AvgIpc) is 3.64. The van der Waals surface area contributed by atoms with Crippen molar-refractivity contribution in [2.24, 2.45) is 0 Å². The van der Waals surface area contributed by atoms with Gasteiger partial charge < -0.3 is 14.5 Å². The molecule has 0 N–H and O–H groups in total. The topological polar surface area (TPSA) is 33.5 Å². The molecule has 0 saturated carbocycles. The van der Waals surface area contributed by atoms with E-state index in [9.17, 15) is 0 Å². The second-order valence-corrected chi connectivity index (χ2v) is 12.9. The van der Waals surface area contributed by atoms with E-state index in [4.69, 9.17) is 9.72 Å². The van der Waals surface area contributed by atoms with Crippen LogP contribution < -0.4 is 14.5 Å². The van der Waals surface area contributed by atoms with Gasteiger partial charge in [-0.25, -0.2) is 4.98 Å². The van der Waals surface area contributed by atoms with E-state index < -0.39 is 0 Å². The number of anilines is 2. The predicted octanol–water partition coefficient (Wildman–Crippen LogP) is 10.1. The number of ether oxygens (including phenoxy) is 1. The van der Waals surface area contributed by atoms with Crippen molar-refractivity contribution in [1.82, 2.24) is 9.55 Å². The zero-order valence-corrected chi connectivity index (χ0v) is 26.0. The summed E-state index contributed by atoms with van der Waals surface area (Å²) in [5.41, 5.74) is 7.16. The van der Waals surface area contributed by atoms with Crippen LogP contribution in [0.5, 0.6) is 11.5 Å². The van der Waals surface area contributed by atoms with Crippen molar-refractivity contribution in [2.45, 2.75) is 46.0 Å². The maximum absolute atomic E-state index is 6.52. The summed E-state index contributed by atoms with van der Waals surface area (Å²) < 4.78 is 8.77. The molecule has 220 valence electrons. The van der Waals surface area contributed by atoms with Gasteiger partial charge in [-0.2, -0.15) is 0 Å². The van der Waals surface area contributed by atoms with Crippen LogP contribution in [0, 0.1) is 0 Å². The summed E-state index contributed by atoms with van der Waals surface area (Å²) in [6.07, 6.45) is 6.21. The molecule has 0 radical (unpaired) electrons. The molecule has 5 heteroatoms. The standard InChI is InChI=1S/C39H38N4O/c1-27(2)32-13-6-8-15-35(32)42-22-21-41(26-42)29-11-10-12-30(24-29)44-31-17-18-34-33-14-7-9-16-36(33)43(37(34)25-31)38-23-28(19-20-40-38)39(3,4)5/h6-25,27H,26H2,1-5H3. The summed E-state index contributed by atoms with van der Waals surface area (Å²) in [7, 11) is 0. The molecule has 1 aliphatic rings. The van der Waals surface area contributed by atoms with Gasteiger partial charge in [-0.1, -0.05) is 77.1 Å². The molecular formula is C39H38N4O. The van der Waals surface area contributed by atoms with Gasteiger partial charge in [0.15, 0.2) is 0 Å².